The van der Waals surface area contributed by atoms with Crippen molar-refractivity contribution < 1.29 is 13.2 Å². The highest BCUT2D eigenvalue weighted by molar-refractivity contribution is 5.81. The highest BCUT2D eigenvalue weighted by Crippen LogP contribution is 2.31. The van der Waals surface area contributed by atoms with Crippen LogP contribution in [0.2, 0.25) is 0 Å². The van der Waals surface area contributed by atoms with E-state index in [-0.39, 0.29) is 0 Å². The lowest BCUT2D eigenvalue weighted by molar-refractivity contribution is -0.137. The number of aromatic amines is 1. The summed E-state index contributed by atoms with van der Waals surface area (Å²) in [6, 6.07) is 10.7. The first kappa shape index (κ1) is 11.8. The summed E-state index contributed by atoms with van der Waals surface area (Å²) in [5, 5.41) is 0. The smallest absolute Gasteiger partial charge is 0.345 e. The molecule has 5 heteroatoms. The predicted molar refractivity (Wildman–Crippen MR) is 66.5 cm³/mol. The molecule has 0 saturated heterocycles. The van der Waals surface area contributed by atoms with Crippen molar-refractivity contribution in [3.05, 3.63) is 54.4 Å². The highest BCUT2D eigenvalue weighted by atomic mass is 19.4. The van der Waals surface area contributed by atoms with Crippen LogP contribution < -0.4 is 0 Å². The number of aromatic nitrogens is 2. The minimum Gasteiger partial charge on any atom is -0.345 e. The molecule has 0 aliphatic rings. The monoisotopic (exact) mass is 262 g/mol. The Labute approximate surface area is 106 Å². The third-order valence-corrected chi connectivity index (χ3v) is 2.97. The Morgan fingerprint density at radius 3 is 2.26 bits per heavy atom. The van der Waals surface area contributed by atoms with Gasteiger partial charge < -0.3 is 4.98 Å². The number of rotatable bonds is 1. The van der Waals surface area contributed by atoms with Gasteiger partial charge in [0.05, 0.1) is 22.9 Å². The number of H-pyrrole nitrogens is 1. The van der Waals surface area contributed by atoms with Crippen LogP contribution in [0.5, 0.6) is 0 Å². The van der Waals surface area contributed by atoms with Crippen LogP contribution in [0.15, 0.2) is 48.8 Å². The van der Waals surface area contributed by atoms with E-state index in [1.807, 2.05) is 18.2 Å². The largest absolute Gasteiger partial charge is 0.416 e. The van der Waals surface area contributed by atoms with Crippen molar-refractivity contribution in [2.24, 2.45) is 0 Å². The van der Waals surface area contributed by atoms with E-state index in [1.54, 1.807) is 6.33 Å². The third-order valence-electron chi connectivity index (χ3n) is 2.97. The first-order valence-corrected chi connectivity index (χ1v) is 5.65. The Balaban J connectivity index is 2.01. The fourth-order valence-corrected chi connectivity index (χ4v) is 1.97. The average Bonchev–Trinajstić information content (AvgIpc) is 2.85. The van der Waals surface area contributed by atoms with Crippen molar-refractivity contribution in [3.8, 4) is 11.1 Å². The minimum atomic E-state index is -4.30. The van der Waals surface area contributed by atoms with E-state index in [9.17, 15) is 13.2 Å². The number of nitrogens with zero attached hydrogens (tertiary/aromatic N) is 1. The van der Waals surface area contributed by atoms with Gasteiger partial charge in [0.2, 0.25) is 0 Å². The van der Waals surface area contributed by atoms with E-state index in [0.717, 1.165) is 34.3 Å². The molecular formula is C14H9F3N2. The van der Waals surface area contributed by atoms with Crippen molar-refractivity contribution in [1.29, 1.82) is 0 Å². The summed E-state index contributed by atoms with van der Waals surface area (Å²) in [5.41, 5.74) is 2.64. The molecule has 19 heavy (non-hydrogen) atoms. The van der Waals surface area contributed by atoms with Crippen LogP contribution in [-0.4, -0.2) is 9.97 Å². The molecule has 2 nitrogen and oxygen atoms in total. The molecule has 0 fully saturated rings. The maximum Gasteiger partial charge on any atom is 0.416 e. The maximum atomic E-state index is 12.5. The van der Waals surface area contributed by atoms with Gasteiger partial charge in [0.25, 0.3) is 0 Å². The summed E-state index contributed by atoms with van der Waals surface area (Å²) in [4.78, 5) is 7.07. The second-order valence-corrected chi connectivity index (χ2v) is 4.21. The number of benzene rings is 2. The predicted octanol–water partition coefficient (Wildman–Crippen LogP) is 4.25. The second-order valence-electron chi connectivity index (χ2n) is 4.21. The summed E-state index contributed by atoms with van der Waals surface area (Å²) < 4.78 is 37.4. The SMILES string of the molecule is FC(F)(F)c1ccc(-c2ccc3nc[nH]c3c2)cc1. The Morgan fingerprint density at radius 1 is 0.895 bits per heavy atom. The van der Waals surface area contributed by atoms with E-state index in [1.165, 1.54) is 12.1 Å². The highest BCUT2D eigenvalue weighted by Gasteiger charge is 2.29. The quantitative estimate of drug-likeness (QED) is 0.697. The van der Waals surface area contributed by atoms with E-state index in [4.69, 9.17) is 0 Å². The van der Waals surface area contributed by atoms with Gasteiger partial charge in [-0.05, 0) is 35.4 Å². The molecule has 0 unspecified atom stereocenters. The van der Waals surface area contributed by atoms with Gasteiger partial charge in [0, 0.05) is 0 Å². The molecule has 3 aromatic rings. The molecule has 0 radical (unpaired) electrons. The number of alkyl halides is 3. The summed E-state index contributed by atoms with van der Waals surface area (Å²) in [6.07, 6.45) is -2.72. The zero-order valence-corrected chi connectivity index (χ0v) is 9.70. The normalized spacial score (nSPS) is 11.9. The lowest BCUT2D eigenvalue weighted by Crippen LogP contribution is -2.03. The van der Waals surface area contributed by atoms with Crippen LogP contribution >= 0.6 is 0 Å². The van der Waals surface area contributed by atoms with E-state index < -0.39 is 11.7 Å². The fourth-order valence-electron chi connectivity index (χ4n) is 1.97. The van der Waals surface area contributed by atoms with Crippen LogP contribution in [0.25, 0.3) is 22.2 Å². The molecule has 3 rings (SSSR count). The van der Waals surface area contributed by atoms with Gasteiger partial charge in [-0.15, -0.1) is 0 Å². The van der Waals surface area contributed by atoms with Gasteiger partial charge in [-0.3, -0.25) is 0 Å². The van der Waals surface area contributed by atoms with Crippen molar-refractivity contribution >= 4 is 11.0 Å². The van der Waals surface area contributed by atoms with Gasteiger partial charge in [-0.2, -0.15) is 13.2 Å². The van der Waals surface area contributed by atoms with Crippen molar-refractivity contribution in [1.82, 2.24) is 9.97 Å². The Hall–Kier alpha value is -2.30. The molecule has 0 bridgehead atoms. The van der Waals surface area contributed by atoms with Gasteiger partial charge in [-0.1, -0.05) is 18.2 Å². The Kier molecular flexibility index (Phi) is 2.55. The molecule has 1 aromatic heterocycles. The van der Waals surface area contributed by atoms with Crippen molar-refractivity contribution in [2.75, 3.05) is 0 Å². The van der Waals surface area contributed by atoms with Crippen LogP contribution in [0.4, 0.5) is 13.2 Å². The summed E-state index contributed by atoms with van der Waals surface area (Å²) >= 11 is 0. The molecule has 0 aliphatic heterocycles. The van der Waals surface area contributed by atoms with E-state index in [0.29, 0.717) is 0 Å². The van der Waals surface area contributed by atoms with Crippen LogP contribution in [0, 0.1) is 0 Å². The van der Waals surface area contributed by atoms with Gasteiger partial charge in [0.15, 0.2) is 0 Å². The molecule has 0 spiro atoms. The molecule has 1 heterocycles. The van der Waals surface area contributed by atoms with Crippen molar-refractivity contribution in [2.45, 2.75) is 6.18 Å². The van der Waals surface area contributed by atoms with Gasteiger partial charge in [0.1, 0.15) is 0 Å². The number of nitrogens with one attached hydrogen (secondary N) is 1. The molecule has 0 atom stereocenters. The fraction of sp³-hybridized carbons (Fsp3) is 0.0714. The number of imidazole rings is 1. The molecule has 0 amide bonds. The average molecular weight is 262 g/mol. The lowest BCUT2D eigenvalue weighted by atomic mass is 10.0. The molecule has 0 aliphatic carbocycles. The number of halogens is 3. The minimum absolute atomic E-state index is 0.640. The lowest BCUT2D eigenvalue weighted by Gasteiger charge is -2.07. The Morgan fingerprint density at radius 2 is 1.58 bits per heavy atom. The first-order chi connectivity index (χ1) is 9.04. The zero-order valence-electron chi connectivity index (χ0n) is 9.70. The molecular weight excluding hydrogens is 253 g/mol. The first-order valence-electron chi connectivity index (χ1n) is 5.65. The summed E-state index contributed by atoms with van der Waals surface area (Å²) in [6.45, 7) is 0. The molecule has 1 N–H and O–H groups in total. The topological polar surface area (TPSA) is 28.7 Å². The van der Waals surface area contributed by atoms with Crippen LogP contribution in [-0.2, 0) is 6.18 Å². The third kappa shape index (κ3) is 2.19. The summed E-state index contributed by atoms with van der Waals surface area (Å²) in [7, 11) is 0. The molecule has 96 valence electrons. The van der Waals surface area contributed by atoms with Gasteiger partial charge >= 0.3 is 6.18 Å². The standard InChI is InChI=1S/C14H9F3N2/c15-14(16,17)11-4-1-9(2-5-11)10-3-6-12-13(7-10)19-8-18-12/h1-8H,(H,18,19). The van der Waals surface area contributed by atoms with E-state index >= 15 is 0 Å². The van der Waals surface area contributed by atoms with Gasteiger partial charge in [-0.25, -0.2) is 4.98 Å². The Bertz CT molecular complexity index is 711. The second kappa shape index (κ2) is 4.12. The zero-order chi connectivity index (χ0) is 13.5. The van der Waals surface area contributed by atoms with Crippen LogP contribution in [0.3, 0.4) is 0 Å². The number of fused-ring (bicyclic) bond motifs is 1. The maximum absolute atomic E-state index is 12.5. The van der Waals surface area contributed by atoms with Crippen molar-refractivity contribution in [3.63, 3.8) is 0 Å². The number of hydrogen-bond acceptors (Lipinski definition) is 1. The number of hydrogen-bond donors (Lipinski definition) is 1. The molecule has 0 saturated carbocycles. The summed E-state index contributed by atoms with van der Waals surface area (Å²) in [5.74, 6) is 0. The van der Waals surface area contributed by atoms with Crippen LogP contribution in [0.1, 0.15) is 5.56 Å². The van der Waals surface area contributed by atoms with E-state index in [2.05, 4.69) is 9.97 Å². The molecule has 2 aromatic carbocycles.